The lowest BCUT2D eigenvalue weighted by molar-refractivity contribution is -0.187. The van der Waals surface area contributed by atoms with Crippen molar-refractivity contribution in [1.29, 1.82) is 0 Å². The first kappa shape index (κ1) is 16.9. The second kappa shape index (κ2) is 6.87. The summed E-state index contributed by atoms with van der Waals surface area (Å²) in [5.74, 6) is 0.123. The average Bonchev–Trinajstić information content (AvgIpc) is 2.40. The van der Waals surface area contributed by atoms with E-state index >= 15 is 0 Å². The highest BCUT2D eigenvalue weighted by Gasteiger charge is 2.43. The highest BCUT2D eigenvalue weighted by atomic mass is 19.4. The lowest BCUT2D eigenvalue weighted by Gasteiger charge is -2.46. The molecule has 0 unspecified atom stereocenters. The van der Waals surface area contributed by atoms with E-state index in [-0.39, 0.29) is 12.8 Å². The predicted octanol–water partition coefficient (Wildman–Crippen LogP) is 2.50. The van der Waals surface area contributed by atoms with E-state index in [2.05, 4.69) is 15.2 Å². The SMILES string of the molecule is NC(=NCC1CCC1)NC1CC(N2CCC(C(F)(F)F)CC2)C1. The van der Waals surface area contributed by atoms with Crippen LogP contribution in [0.4, 0.5) is 13.2 Å². The van der Waals surface area contributed by atoms with Crippen LogP contribution < -0.4 is 11.1 Å². The molecule has 1 saturated heterocycles. The van der Waals surface area contributed by atoms with Gasteiger partial charge in [-0.05, 0) is 57.5 Å². The normalized spacial score (nSPS) is 31.5. The third-order valence-corrected chi connectivity index (χ3v) is 5.72. The standard InChI is InChI=1S/C16H27F3N4/c17-16(18,19)12-4-6-23(7-5-12)14-8-13(9-14)22-15(20)21-10-11-2-1-3-11/h11-14H,1-10H2,(H3,20,21,22). The Morgan fingerprint density at radius 1 is 1.13 bits per heavy atom. The van der Waals surface area contributed by atoms with Crippen molar-refractivity contribution in [3.8, 4) is 0 Å². The zero-order chi connectivity index (χ0) is 16.4. The number of nitrogens with one attached hydrogen (secondary N) is 1. The van der Waals surface area contributed by atoms with Gasteiger partial charge in [-0.15, -0.1) is 0 Å². The van der Waals surface area contributed by atoms with Crippen molar-refractivity contribution < 1.29 is 13.2 Å². The molecule has 0 aromatic carbocycles. The maximum Gasteiger partial charge on any atom is 0.391 e. The fourth-order valence-electron chi connectivity index (χ4n) is 3.75. The van der Waals surface area contributed by atoms with Gasteiger partial charge in [0.1, 0.15) is 0 Å². The molecule has 1 aliphatic heterocycles. The van der Waals surface area contributed by atoms with Crippen LogP contribution in [0.15, 0.2) is 4.99 Å². The number of piperidine rings is 1. The lowest BCUT2D eigenvalue weighted by atomic mass is 9.83. The van der Waals surface area contributed by atoms with E-state index in [0.29, 0.717) is 37.1 Å². The molecule has 132 valence electrons. The van der Waals surface area contributed by atoms with Gasteiger partial charge in [0.15, 0.2) is 5.96 Å². The Balaban J connectivity index is 1.33. The maximum absolute atomic E-state index is 12.7. The number of nitrogens with zero attached hydrogens (tertiary/aromatic N) is 2. The molecule has 2 aliphatic carbocycles. The summed E-state index contributed by atoms with van der Waals surface area (Å²) >= 11 is 0. The smallest absolute Gasteiger partial charge is 0.370 e. The summed E-state index contributed by atoms with van der Waals surface area (Å²) in [6, 6.07) is 0.728. The third kappa shape index (κ3) is 4.31. The van der Waals surface area contributed by atoms with E-state index in [0.717, 1.165) is 19.4 Å². The van der Waals surface area contributed by atoms with Crippen molar-refractivity contribution in [1.82, 2.24) is 10.2 Å². The van der Waals surface area contributed by atoms with Gasteiger partial charge >= 0.3 is 6.18 Å². The van der Waals surface area contributed by atoms with Crippen molar-refractivity contribution in [3.05, 3.63) is 0 Å². The molecule has 7 heteroatoms. The van der Waals surface area contributed by atoms with E-state index < -0.39 is 12.1 Å². The summed E-state index contributed by atoms with van der Waals surface area (Å²) in [4.78, 5) is 6.60. The number of hydrogen-bond donors (Lipinski definition) is 2. The molecule has 4 nitrogen and oxygen atoms in total. The summed E-state index contributed by atoms with van der Waals surface area (Å²) < 4.78 is 38.0. The van der Waals surface area contributed by atoms with Gasteiger partial charge in [0.05, 0.1) is 5.92 Å². The molecule has 0 aromatic heterocycles. The minimum atomic E-state index is -4.03. The van der Waals surface area contributed by atoms with Crippen LogP contribution in [0.5, 0.6) is 0 Å². The van der Waals surface area contributed by atoms with Crippen molar-refractivity contribution >= 4 is 5.96 Å². The topological polar surface area (TPSA) is 53.6 Å². The molecule has 1 heterocycles. The molecular formula is C16H27F3N4. The molecule has 0 spiro atoms. The average molecular weight is 332 g/mol. The second-order valence-corrected chi connectivity index (χ2v) is 7.34. The van der Waals surface area contributed by atoms with Crippen molar-refractivity contribution in [2.75, 3.05) is 19.6 Å². The molecule has 0 amide bonds. The molecule has 3 aliphatic rings. The maximum atomic E-state index is 12.7. The van der Waals surface area contributed by atoms with Gasteiger partial charge in [0.25, 0.3) is 0 Å². The molecule has 23 heavy (non-hydrogen) atoms. The first-order chi connectivity index (χ1) is 10.9. The quantitative estimate of drug-likeness (QED) is 0.614. The van der Waals surface area contributed by atoms with Crippen LogP contribution >= 0.6 is 0 Å². The molecule has 2 saturated carbocycles. The summed E-state index contributed by atoms with van der Waals surface area (Å²) in [7, 11) is 0. The van der Waals surface area contributed by atoms with E-state index in [9.17, 15) is 13.2 Å². The predicted molar refractivity (Wildman–Crippen MR) is 84.1 cm³/mol. The zero-order valence-electron chi connectivity index (χ0n) is 13.5. The van der Waals surface area contributed by atoms with Gasteiger partial charge < -0.3 is 16.0 Å². The number of aliphatic imine (C=N–C) groups is 1. The minimum Gasteiger partial charge on any atom is -0.370 e. The van der Waals surface area contributed by atoms with Gasteiger partial charge in [-0.1, -0.05) is 6.42 Å². The molecule has 0 radical (unpaired) electrons. The number of guanidine groups is 1. The first-order valence-electron chi connectivity index (χ1n) is 8.79. The molecule has 3 fully saturated rings. The number of alkyl halides is 3. The monoisotopic (exact) mass is 332 g/mol. The number of hydrogen-bond acceptors (Lipinski definition) is 2. The highest BCUT2D eigenvalue weighted by molar-refractivity contribution is 5.78. The molecular weight excluding hydrogens is 305 g/mol. The van der Waals surface area contributed by atoms with E-state index in [1.54, 1.807) is 0 Å². The fourth-order valence-corrected chi connectivity index (χ4v) is 3.75. The number of nitrogens with two attached hydrogens (primary N) is 1. The summed E-state index contributed by atoms with van der Waals surface area (Å²) in [5.41, 5.74) is 5.90. The molecule has 3 N–H and O–H groups in total. The third-order valence-electron chi connectivity index (χ3n) is 5.72. The Kier molecular flexibility index (Phi) is 5.04. The van der Waals surface area contributed by atoms with Crippen LogP contribution in [-0.4, -0.2) is 48.8 Å². The molecule has 3 rings (SSSR count). The molecule has 0 bridgehead atoms. The van der Waals surface area contributed by atoms with E-state index in [1.807, 2.05) is 0 Å². The van der Waals surface area contributed by atoms with Crippen LogP contribution in [0.1, 0.15) is 44.9 Å². The van der Waals surface area contributed by atoms with Gasteiger partial charge in [-0.25, -0.2) is 0 Å². The van der Waals surface area contributed by atoms with Gasteiger partial charge in [-0.3, -0.25) is 4.99 Å². The Bertz CT molecular complexity index is 420. The Labute approximate surface area is 135 Å². The van der Waals surface area contributed by atoms with Gasteiger partial charge in [-0.2, -0.15) is 13.2 Å². The second-order valence-electron chi connectivity index (χ2n) is 7.34. The largest absolute Gasteiger partial charge is 0.391 e. The number of likely N-dealkylation sites (tertiary alicyclic amines) is 1. The van der Waals surface area contributed by atoms with E-state index in [4.69, 9.17) is 5.73 Å². The summed E-state index contributed by atoms with van der Waals surface area (Å²) in [6.07, 6.45) is 2.19. The van der Waals surface area contributed by atoms with E-state index in [1.165, 1.54) is 19.3 Å². The zero-order valence-corrected chi connectivity index (χ0v) is 13.5. The Morgan fingerprint density at radius 2 is 1.78 bits per heavy atom. The van der Waals surface area contributed by atoms with Crippen LogP contribution in [0.2, 0.25) is 0 Å². The minimum absolute atomic E-state index is 0.239. The van der Waals surface area contributed by atoms with Crippen molar-refractivity contribution in [2.24, 2.45) is 22.6 Å². The molecule has 0 atom stereocenters. The number of halogens is 3. The van der Waals surface area contributed by atoms with Crippen molar-refractivity contribution in [2.45, 2.75) is 63.2 Å². The van der Waals surface area contributed by atoms with Crippen LogP contribution in [-0.2, 0) is 0 Å². The number of rotatable bonds is 4. The van der Waals surface area contributed by atoms with Crippen LogP contribution in [0, 0.1) is 11.8 Å². The van der Waals surface area contributed by atoms with Gasteiger partial charge in [0, 0.05) is 18.6 Å². The highest BCUT2D eigenvalue weighted by Crippen LogP contribution is 2.36. The Hall–Kier alpha value is -0.980. The molecule has 0 aromatic rings. The van der Waals surface area contributed by atoms with Gasteiger partial charge in [0.2, 0.25) is 0 Å². The lowest BCUT2D eigenvalue weighted by Crippen LogP contribution is -2.57. The summed E-state index contributed by atoms with van der Waals surface area (Å²) in [6.45, 7) is 1.94. The van der Waals surface area contributed by atoms with Crippen LogP contribution in [0.25, 0.3) is 0 Å². The first-order valence-corrected chi connectivity index (χ1v) is 8.79. The summed E-state index contributed by atoms with van der Waals surface area (Å²) in [5, 5.41) is 3.24. The van der Waals surface area contributed by atoms with Crippen LogP contribution in [0.3, 0.4) is 0 Å². The van der Waals surface area contributed by atoms with Crippen molar-refractivity contribution in [3.63, 3.8) is 0 Å². The Morgan fingerprint density at radius 3 is 2.30 bits per heavy atom. The fraction of sp³-hybridized carbons (Fsp3) is 0.938.